The van der Waals surface area contributed by atoms with Crippen molar-refractivity contribution in [1.29, 1.82) is 0 Å². The van der Waals surface area contributed by atoms with Crippen LogP contribution < -0.4 is 5.73 Å². The summed E-state index contributed by atoms with van der Waals surface area (Å²) >= 11 is 0. The fourth-order valence-electron chi connectivity index (χ4n) is 7.17. The molecule has 1 aromatic heterocycles. The van der Waals surface area contributed by atoms with E-state index in [0.29, 0.717) is 17.9 Å². The second kappa shape index (κ2) is 5.20. The molecule has 4 heteroatoms. The van der Waals surface area contributed by atoms with Crippen LogP contribution in [0.15, 0.2) is 36.8 Å². The maximum absolute atomic E-state index is 11.5. The standard InChI is InChI=1S/C22H27N3O/c23-21-14-5-13-6-15(21)10-22(8-13,9-14)20(26)7-18-16-3-1-2-4-17(16)19-11-24-12-25(18)19/h1-4,11-15,18,20-21,26H,5-10,23H2. The zero-order chi connectivity index (χ0) is 17.5. The van der Waals surface area contributed by atoms with Crippen LogP contribution in [0.4, 0.5) is 0 Å². The van der Waals surface area contributed by atoms with Gasteiger partial charge in [-0.1, -0.05) is 24.3 Å². The van der Waals surface area contributed by atoms with Gasteiger partial charge in [-0.05, 0) is 67.3 Å². The van der Waals surface area contributed by atoms with E-state index < -0.39 is 0 Å². The maximum Gasteiger partial charge on any atom is 0.0956 e. The third-order valence-electron chi connectivity index (χ3n) is 8.14. The van der Waals surface area contributed by atoms with Gasteiger partial charge in [-0.2, -0.15) is 0 Å². The summed E-state index contributed by atoms with van der Waals surface area (Å²) in [5.41, 5.74) is 10.4. The van der Waals surface area contributed by atoms with Gasteiger partial charge in [0.15, 0.2) is 0 Å². The second-order valence-electron chi connectivity index (χ2n) is 9.45. The summed E-state index contributed by atoms with van der Waals surface area (Å²) in [7, 11) is 0. The molecule has 4 nitrogen and oxygen atoms in total. The van der Waals surface area contributed by atoms with E-state index >= 15 is 0 Å². The average Bonchev–Trinajstić information content (AvgIpc) is 3.22. The lowest BCUT2D eigenvalue weighted by molar-refractivity contribution is -0.132. The molecular weight excluding hydrogens is 322 g/mol. The Balaban J connectivity index is 1.33. The van der Waals surface area contributed by atoms with Crippen LogP contribution in [-0.4, -0.2) is 26.8 Å². The molecule has 4 unspecified atom stereocenters. The number of aliphatic hydroxyl groups excluding tert-OH is 1. The minimum atomic E-state index is -0.255. The lowest BCUT2D eigenvalue weighted by atomic mass is 9.46. The summed E-state index contributed by atoms with van der Waals surface area (Å²) in [6.07, 6.45) is 10.5. The minimum Gasteiger partial charge on any atom is -0.392 e. The monoisotopic (exact) mass is 349 g/mol. The lowest BCUT2D eigenvalue weighted by Gasteiger charge is -2.61. The Labute approximate surface area is 154 Å². The number of nitrogens with zero attached hydrogens (tertiary/aromatic N) is 2. The molecule has 4 bridgehead atoms. The van der Waals surface area contributed by atoms with Gasteiger partial charge in [0.05, 0.1) is 30.4 Å². The molecule has 136 valence electrons. The third-order valence-corrected chi connectivity index (χ3v) is 8.14. The number of hydrogen-bond donors (Lipinski definition) is 2. The van der Waals surface area contributed by atoms with Crippen LogP contribution in [0.2, 0.25) is 0 Å². The van der Waals surface area contributed by atoms with Crippen molar-refractivity contribution in [3.8, 4) is 11.3 Å². The van der Waals surface area contributed by atoms with E-state index in [-0.39, 0.29) is 17.6 Å². The maximum atomic E-state index is 11.5. The molecule has 4 aliphatic carbocycles. The molecule has 1 aliphatic heterocycles. The first-order valence-electron chi connectivity index (χ1n) is 10.2. The zero-order valence-electron chi connectivity index (χ0n) is 15.1. The summed E-state index contributed by atoms with van der Waals surface area (Å²) < 4.78 is 2.26. The minimum absolute atomic E-state index is 0.102. The Morgan fingerprint density at radius 3 is 2.77 bits per heavy atom. The highest BCUT2D eigenvalue weighted by Gasteiger charge is 2.57. The van der Waals surface area contributed by atoms with E-state index in [9.17, 15) is 5.11 Å². The molecule has 3 N–H and O–H groups in total. The van der Waals surface area contributed by atoms with Gasteiger partial charge in [0, 0.05) is 11.6 Å². The van der Waals surface area contributed by atoms with E-state index in [1.807, 2.05) is 12.5 Å². The quantitative estimate of drug-likeness (QED) is 0.893. The third kappa shape index (κ3) is 1.95. The van der Waals surface area contributed by atoms with E-state index in [2.05, 4.69) is 33.8 Å². The van der Waals surface area contributed by atoms with Crippen LogP contribution in [0.3, 0.4) is 0 Å². The van der Waals surface area contributed by atoms with Crippen molar-refractivity contribution in [3.63, 3.8) is 0 Å². The normalized spacial score (nSPS) is 40.5. The number of imidazole rings is 1. The average molecular weight is 349 g/mol. The molecule has 0 spiro atoms. The van der Waals surface area contributed by atoms with Gasteiger partial charge in [-0.15, -0.1) is 0 Å². The molecule has 4 saturated carbocycles. The molecule has 7 rings (SSSR count). The molecule has 1 aromatic carbocycles. The van der Waals surface area contributed by atoms with Gasteiger partial charge in [0.1, 0.15) is 0 Å². The summed E-state index contributed by atoms with van der Waals surface area (Å²) in [6, 6.07) is 9.19. The number of benzene rings is 1. The van der Waals surface area contributed by atoms with E-state index in [4.69, 9.17) is 5.73 Å². The fourth-order valence-corrected chi connectivity index (χ4v) is 7.17. The topological polar surface area (TPSA) is 64.1 Å². The SMILES string of the molecule is NC1C2CC3CC1CC(C(O)CC1c4ccccc4-c4cncn41)(C3)C2. The van der Waals surface area contributed by atoms with Gasteiger partial charge in [-0.3, -0.25) is 0 Å². The molecule has 2 aromatic rings. The van der Waals surface area contributed by atoms with E-state index in [0.717, 1.165) is 25.2 Å². The zero-order valence-corrected chi connectivity index (χ0v) is 15.1. The van der Waals surface area contributed by atoms with Crippen molar-refractivity contribution in [2.45, 2.75) is 56.7 Å². The van der Waals surface area contributed by atoms with Gasteiger partial charge in [0.25, 0.3) is 0 Å². The van der Waals surface area contributed by atoms with Crippen LogP contribution in [-0.2, 0) is 0 Å². The molecule has 5 aliphatic rings. The number of rotatable bonds is 3. The Bertz CT molecular complexity index is 843. The summed E-state index contributed by atoms with van der Waals surface area (Å²) in [4.78, 5) is 4.37. The van der Waals surface area contributed by atoms with E-state index in [1.165, 1.54) is 36.1 Å². The Morgan fingerprint density at radius 1 is 1.19 bits per heavy atom. The van der Waals surface area contributed by atoms with Gasteiger partial charge < -0.3 is 15.4 Å². The van der Waals surface area contributed by atoms with Gasteiger partial charge in [-0.25, -0.2) is 4.98 Å². The van der Waals surface area contributed by atoms with Crippen LogP contribution in [0.5, 0.6) is 0 Å². The van der Waals surface area contributed by atoms with Crippen molar-refractivity contribution in [3.05, 3.63) is 42.4 Å². The molecule has 0 saturated heterocycles. The van der Waals surface area contributed by atoms with Crippen LogP contribution in [0.1, 0.15) is 50.1 Å². The van der Waals surface area contributed by atoms with Crippen LogP contribution >= 0.6 is 0 Å². The number of nitrogens with two attached hydrogens (primary N) is 1. The molecule has 0 radical (unpaired) electrons. The number of hydrogen-bond acceptors (Lipinski definition) is 3. The largest absolute Gasteiger partial charge is 0.392 e. The van der Waals surface area contributed by atoms with Crippen molar-refractivity contribution in [2.75, 3.05) is 0 Å². The summed E-state index contributed by atoms with van der Waals surface area (Å²) in [6.45, 7) is 0. The fraction of sp³-hybridized carbons (Fsp3) is 0.591. The van der Waals surface area contributed by atoms with Crippen molar-refractivity contribution < 1.29 is 5.11 Å². The predicted molar refractivity (Wildman–Crippen MR) is 100 cm³/mol. The highest BCUT2D eigenvalue weighted by molar-refractivity contribution is 5.68. The van der Waals surface area contributed by atoms with Crippen LogP contribution in [0, 0.1) is 23.2 Å². The number of aliphatic hydroxyl groups is 1. The molecule has 4 fully saturated rings. The number of fused-ring (bicyclic) bond motifs is 3. The van der Waals surface area contributed by atoms with E-state index in [1.54, 1.807) is 0 Å². The van der Waals surface area contributed by atoms with Crippen molar-refractivity contribution in [1.82, 2.24) is 9.55 Å². The molecule has 4 atom stereocenters. The Morgan fingerprint density at radius 2 is 1.96 bits per heavy atom. The highest BCUT2D eigenvalue weighted by atomic mass is 16.3. The number of aromatic nitrogens is 2. The molecule has 26 heavy (non-hydrogen) atoms. The molecule has 2 heterocycles. The smallest absolute Gasteiger partial charge is 0.0956 e. The predicted octanol–water partition coefficient (Wildman–Crippen LogP) is 3.36. The van der Waals surface area contributed by atoms with Crippen molar-refractivity contribution >= 4 is 0 Å². The second-order valence-corrected chi connectivity index (χ2v) is 9.45. The summed E-state index contributed by atoms with van der Waals surface area (Å²) in [5.74, 6) is 2.06. The Kier molecular flexibility index (Phi) is 3.08. The lowest BCUT2D eigenvalue weighted by Crippen LogP contribution is -2.60. The van der Waals surface area contributed by atoms with Gasteiger partial charge >= 0.3 is 0 Å². The van der Waals surface area contributed by atoms with Crippen LogP contribution in [0.25, 0.3) is 11.3 Å². The van der Waals surface area contributed by atoms with Gasteiger partial charge in [0.2, 0.25) is 0 Å². The first-order chi connectivity index (χ1) is 12.6. The molecular formula is C22H27N3O. The summed E-state index contributed by atoms with van der Waals surface area (Å²) in [5, 5.41) is 11.5. The first kappa shape index (κ1) is 15.4. The van der Waals surface area contributed by atoms with Crippen molar-refractivity contribution in [2.24, 2.45) is 28.9 Å². The molecule has 0 amide bonds. The Hall–Kier alpha value is -1.65. The first-order valence-corrected chi connectivity index (χ1v) is 10.2. The highest BCUT2D eigenvalue weighted by Crippen LogP contribution is 2.62.